The molecule has 5 atom stereocenters. The smallest absolute Gasteiger partial charge is 0.333 e. The van der Waals surface area contributed by atoms with Gasteiger partial charge in [-0.25, -0.2) is 4.79 Å². The SMILES string of the molecule is C=C(C)C(=O)OC12CC3CC(CC(C)(O)C1)C32. The van der Waals surface area contributed by atoms with Gasteiger partial charge in [-0.15, -0.1) is 0 Å². The van der Waals surface area contributed by atoms with Crippen molar-refractivity contribution in [1.82, 2.24) is 0 Å². The minimum Gasteiger partial charge on any atom is -0.455 e. The maximum Gasteiger partial charge on any atom is 0.333 e. The number of esters is 1. The van der Waals surface area contributed by atoms with Gasteiger partial charge in [0.25, 0.3) is 0 Å². The molecule has 94 valence electrons. The fourth-order valence-electron chi connectivity index (χ4n) is 4.46. The van der Waals surface area contributed by atoms with Crippen molar-refractivity contribution in [2.24, 2.45) is 17.8 Å². The summed E-state index contributed by atoms with van der Waals surface area (Å²) in [7, 11) is 0. The number of ether oxygens (including phenoxy) is 1. The lowest BCUT2D eigenvalue weighted by molar-refractivity contribution is -0.286. The van der Waals surface area contributed by atoms with E-state index >= 15 is 0 Å². The average Bonchev–Trinajstić information content (AvgIpc) is 2.10. The van der Waals surface area contributed by atoms with E-state index in [0.717, 1.165) is 18.8 Å². The molecule has 0 aromatic heterocycles. The molecule has 0 bridgehead atoms. The Bertz CT molecular complexity index is 398. The Morgan fingerprint density at radius 3 is 2.65 bits per heavy atom. The molecule has 3 heteroatoms. The Labute approximate surface area is 102 Å². The molecule has 0 radical (unpaired) electrons. The van der Waals surface area contributed by atoms with E-state index in [4.69, 9.17) is 4.74 Å². The number of carbonyl (C=O) groups excluding carboxylic acids is 1. The Hall–Kier alpha value is -0.830. The van der Waals surface area contributed by atoms with Gasteiger partial charge in [0.05, 0.1) is 5.60 Å². The van der Waals surface area contributed by atoms with Gasteiger partial charge < -0.3 is 9.84 Å². The summed E-state index contributed by atoms with van der Waals surface area (Å²) in [5.74, 6) is 1.49. The van der Waals surface area contributed by atoms with E-state index in [0.29, 0.717) is 23.8 Å². The summed E-state index contributed by atoms with van der Waals surface area (Å²) in [6.07, 6.45) is 3.59. The zero-order valence-corrected chi connectivity index (χ0v) is 10.5. The van der Waals surface area contributed by atoms with Crippen molar-refractivity contribution in [3.63, 3.8) is 0 Å². The molecule has 1 N–H and O–H groups in total. The highest BCUT2D eigenvalue weighted by Crippen LogP contribution is 2.68. The minimum atomic E-state index is -0.679. The molecule has 3 aliphatic rings. The molecule has 0 heterocycles. The molecule has 17 heavy (non-hydrogen) atoms. The third kappa shape index (κ3) is 1.48. The lowest BCUT2D eigenvalue weighted by Crippen LogP contribution is -2.71. The fraction of sp³-hybridized carbons (Fsp3) is 0.786. The summed E-state index contributed by atoms with van der Waals surface area (Å²) in [6, 6.07) is 0. The van der Waals surface area contributed by atoms with Crippen molar-refractivity contribution in [3.8, 4) is 0 Å². The first-order chi connectivity index (χ1) is 7.83. The highest BCUT2D eigenvalue weighted by molar-refractivity contribution is 5.87. The summed E-state index contributed by atoms with van der Waals surface area (Å²) in [5, 5.41) is 10.3. The Balaban J connectivity index is 1.81. The van der Waals surface area contributed by atoms with Crippen LogP contribution in [0.5, 0.6) is 0 Å². The molecule has 0 saturated heterocycles. The lowest BCUT2D eigenvalue weighted by Gasteiger charge is -2.69. The number of rotatable bonds is 2. The maximum atomic E-state index is 11.7. The number of hydrogen-bond acceptors (Lipinski definition) is 3. The monoisotopic (exact) mass is 236 g/mol. The maximum absolute atomic E-state index is 11.7. The third-order valence-corrected chi connectivity index (χ3v) is 4.86. The van der Waals surface area contributed by atoms with Crippen LogP contribution < -0.4 is 0 Å². The van der Waals surface area contributed by atoms with Crippen LogP contribution in [0.2, 0.25) is 0 Å². The highest BCUT2D eigenvalue weighted by atomic mass is 16.6. The van der Waals surface area contributed by atoms with Crippen LogP contribution in [0.4, 0.5) is 0 Å². The normalized spacial score (nSPS) is 50.6. The van der Waals surface area contributed by atoms with E-state index in [1.165, 1.54) is 6.42 Å². The van der Waals surface area contributed by atoms with Crippen molar-refractivity contribution < 1.29 is 14.6 Å². The molecular formula is C14H20O3. The molecule has 3 rings (SSSR count). The average molecular weight is 236 g/mol. The van der Waals surface area contributed by atoms with Gasteiger partial charge in [0.2, 0.25) is 0 Å². The Morgan fingerprint density at radius 1 is 1.41 bits per heavy atom. The molecule has 5 unspecified atom stereocenters. The van der Waals surface area contributed by atoms with E-state index in [1.807, 2.05) is 6.92 Å². The topological polar surface area (TPSA) is 46.5 Å². The van der Waals surface area contributed by atoms with Crippen molar-refractivity contribution in [2.75, 3.05) is 0 Å². The van der Waals surface area contributed by atoms with Gasteiger partial charge in [-0.3, -0.25) is 0 Å². The molecule has 3 saturated carbocycles. The van der Waals surface area contributed by atoms with Crippen molar-refractivity contribution in [1.29, 1.82) is 0 Å². The van der Waals surface area contributed by atoms with Gasteiger partial charge in [0, 0.05) is 17.9 Å². The molecule has 3 nitrogen and oxygen atoms in total. The predicted octanol–water partition coefficient (Wildman–Crippen LogP) is 2.05. The second-order valence-corrected chi connectivity index (χ2v) is 6.60. The predicted molar refractivity (Wildman–Crippen MR) is 63.2 cm³/mol. The Morgan fingerprint density at radius 2 is 2.06 bits per heavy atom. The van der Waals surface area contributed by atoms with Crippen molar-refractivity contribution >= 4 is 5.97 Å². The molecule has 0 spiro atoms. The standard InChI is InChI=1S/C14H20O3/c1-8(2)12(15)17-14-6-10-4-9(11(10)14)5-13(3,16)7-14/h9-11,16H,1,4-7H2,2-3H3. The molecule has 0 aromatic carbocycles. The first-order valence-electron chi connectivity index (χ1n) is 6.44. The zero-order chi connectivity index (χ0) is 12.4. The molecule has 0 aliphatic heterocycles. The van der Waals surface area contributed by atoms with Crippen molar-refractivity contribution in [3.05, 3.63) is 12.2 Å². The van der Waals surface area contributed by atoms with Crippen LogP contribution in [0, 0.1) is 17.8 Å². The van der Waals surface area contributed by atoms with E-state index in [2.05, 4.69) is 6.58 Å². The van der Waals surface area contributed by atoms with Crippen LogP contribution in [0.3, 0.4) is 0 Å². The van der Waals surface area contributed by atoms with Crippen LogP contribution in [0.25, 0.3) is 0 Å². The third-order valence-electron chi connectivity index (χ3n) is 4.86. The van der Waals surface area contributed by atoms with E-state index < -0.39 is 5.60 Å². The van der Waals surface area contributed by atoms with E-state index in [9.17, 15) is 9.90 Å². The second-order valence-electron chi connectivity index (χ2n) is 6.60. The first-order valence-corrected chi connectivity index (χ1v) is 6.44. The lowest BCUT2D eigenvalue weighted by atomic mass is 9.39. The van der Waals surface area contributed by atoms with E-state index in [-0.39, 0.29) is 11.6 Å². The molecule has 3 aliphatic carbocycles. The van der Waals surface area contributed by atoms with Gasteiger partial charge in [-0.05, 0) is 44.9 Å². The van der Waals surface area contributed by atoms with Crippen LogP contribution in [-0.2, 0) is 9.53 Å². The minimum absolute atomic E-state index is 0.299. The first kappa shape index (κ1) is 11.3. The summed E-state index contributed by atoms with van der Waals surface area (Å²) in [4.78, 5) is 11.7. The second kappa shape index (κ2) is 3.14. The number of hydrogen-bond donors (Lipinski definition) is 1. The largest absolute Gasteiger partial charge is 0.455 e. The number of aliphatic hydroxyl groups is 1. The number of carbonyl (C=O) groups is 1. The van der Waals surface area contributed by atoms with E-state index in [1.54, 1.807) is 6.92 Å². The van der Waals surface area contributed by atoms with Crippen LogP contribution in [0.1, 0.15) is 39.5 Å². The van der Waals surface area contributed by atoms with Gasteiger partial charge in [-0.1, -0.05) is 6.58 Å². The molecule has 0 amide bonds. The molecule has 3 fully saturated rings. The summed E-state index contributed by atoms with van der Waals surface area (Å²) >= 11 is 0. The van der Waals surface area contributed by atoms with Crippen LogP contribution in [0.15, 0.2) is 12.2 Å². The summed E-state index contributed by atoms with van der Waals surface area (Å²) in [6.45, 7) is 7.17. The molecular weight excluding hydrogens is 216 g/mol. The quantitative estimate of drug-likeness (QED) is 0.589. The fourth-order valence-corrected chi connectivity index (χ4v) is 4.46. The van der Waals surface area contributed by atoms with Gasteiger partial charge in [-0.2, -0.15) is 0 Å². The van der Waals surface area contributed by atoms with Crippen LogP contribution in [-0.4, -0.2) is 22.3 Å². The zero-order valence-electron chi connectivity index (χ0n) is 10.5. The highest BCUT2D eigenvalue weighted by Gasteiger charge is 2.69. The summed E-state index contributed by atoms with van der Waals surface area (Å²) < 4.78 is 5.68. The Kier molecular flexibility index (Phi) is 2.08. The van der Waals surface area contributed by atoms with Crippen molar-refractivity contribution in [2.45, 2.75) is 50.7 Å². The van der Waals surface area contributed by atoms with Gasteiger partial charge in [0.15, 0.2) is 0 Å². The van der Waals surface area contributed by atoms with Crippen LogP contribution >= 0.6 is 0 Å². The van der Waals surface area contributed by atoms with Gasteiger partial charge in [0.1, 0.15) is 5.60 Å². The van der Waals surface area contributed by atoms with Gasteiger partial charge >= 0.3 is 5.97 Å². The molecule has 0 aromatic rings. The summed E-state index contributed by atoms with van der Waals surface area (Å²) in [5.41, 5.74) is -0.614.